The number of benzene rings is 3. The van der Waals surface area contributed by atoms with Crippen molar-refractivity contribution in [1.82, 2.24) is 4.90 Å². The molecule has 4 aliphatic rings. The maximum Gasteiger partial charge on any atom is 0.250 e. The lowest BCUT2D eigenvalue weighted by Gasteiger charge is -2.36. The van der Waals surface area contributed by atoms with Gasteiger partial charge in [-0.3, -0.25) is 19.3 Å². The molecule has 0 bridgehead atoms. The van der Waals surface area contributed by atoms with Crippen molar-refractivity contribution in [2.24, 2.45) is 11.8 Å². The van der Waals surface area contributed by atoms with Gasteiger partial charge in [0, 0.05) is 17.3 Å². The number of nitrogens with zero attached hydrogens (tertiary/aromatic N) is 2. The zero-order valence-corrected chi connectivity index (χ0v) is 18.2. The van der Waals surface area contributed by atoms with Gasteiger partial charge in [0.1, 0.15) is 5.54 Å². The van der Waals surface area contributed by atoms with Gasteiger partial charge in [-0.15, -0.1) is 0 Å². The third-order valence-electron chi connectivity index (χ3n) is 8.14. The lowest BCUT2D eigenvalue weighted by Crippen LogP contribution is -2.54. The van der Waals surface area contributed by atoms with Gasteiger partial charge in [0.15, 0.2) is 0 Å². The number of carbonyl (C=O) groups is 3. The van der Waals surface area contributed by atoms with Crippen molar-refractivity contribution in [2.45, 2.75) is 31.3 Å². The van der Waals surface area contributed by atoms with Gasteiger partial charge in [0.05, 0.1) is 17.5 Å². The number of fused-ring (bicyclic) bond motifs is 8. The molecule has 6 nitrogen and oxygen atoms in total. The highest BCUT2D eigenvalue weighted by Crippen LogP contribution is 2.60. The van der Waals surface area contributed by atoms with E-state index < -0.39 is 17.4 Å². The molecular weight excluding hydrogens is 414 g/mol. The van der Waals surface area contributed by atoms with Crippen LogP contribution in [0.5, 0.6) is 0 Å². The van der Waals surface area contributed by atoms with Crippen LogP contribution in [-0.4, -0.2) is 35.2 Å². The molecule has 4 atom stereocenters. The fourth-order valence-electron chi connectivity index (χ4n) is 6.89. The Morgan fingerprint density at radius 2 is 1.76 bits per heavy atom. The Morgan fingerprint density at radius 3 is 2.61 bits per heavy atom. The summed E-state index contributed by atoms with van der Waals surface area (Å²) in [4.78, 5) is 45.1. The molecule has 3 saturated heterocycles. The lowest BCUT2D eigenvalue weighted by atomic mass is 9.75. The van der Waals surface area contributed by atoms with Crippen LogP contribution in [0.15, 0.2) is 60.7 Å². The molecule has 33 heavy (non-hydrogen) atoms. The van der Waals surface area contributed by atoms with Crippen LogP contribution in [0.25, 0.3) is 10.8 Å². The minimum absolute atomic E-state index is 0.103. The molecule has 0 saturated carbocycles. The standard InChI is InChI=1S/C27H23N3O3/c1-15-8-11-20-19(13-15)27(26(33)28-20)23-22(21-7-4-12-29(21)27)24(31)30(25(23)32)18-10-9-16-5-2-3-6-17(16)14-18/h2-3,5-6,8-11,13-14,21-23H,4,7,12H2,1H3,(H,28,33). The first-order chi connectivity index (χ1) is 16.0. The van der Waals surface area contributed by atoms with Crippen LogP contribution in [0.1, 0.15) is 24.0 Å². The molecule has 3 fully saturated rings. The molecule has 6 heteroatoms. The second-order valence-corrected chi connectivity index (χ2v) is 9.72. The zero-order chi connectivity index (χ0) is 22.5. The van der Waals surface area contributed by atoms with Crippen molar-refractivity contribution in [1.29, 1.82) is 0 Å². The first-order valence-electron chi connectivity index (χ1n) is 11.6. The lowest BCUT2D eigenvalue weighted by molar-refractivity contribution is -0.135. The molecule has 0 aliphatic carbocycles. The Morgan fingerprint density at radius 1 is 0.939 bits per heavy atom. The smallest absolute Gasteiger partial charge is 0.250 e. The molecule has 1 N–H and O–H groups in total. The maximum absolute atomic E-state index is 14.1. The number of rotatable bonds is 1. The van der Waals surface area contributed by atoms with E-state index in [0.717, 1.165) is 47.0 Å². The van der Waals surface area contributed by atoms with Gasteiger partial charge in [-0.1, -0.05) is 48.0 Å². The number of aryl methyl sites for hydroxylation is 1. The SMILES string of the molecule is Cc1ccc2c(c1)C1(C(=O)N2)C2C(=O)N(c3ccc4ccccc4c3)C(=O)C2C2CCCN21. The summed E-state index contributed by atoms with van der Waals surface area (Å²) < 4.78 is 0. The quantitative estimate of drug-likeness (QED) is 0.591. The minimum atomic E-state index is -1.12. The number of carbonyl (C=O) groups excluding carboxylic acids is 3. The van der Waals surface area contributed by atoms with Gasteiger partial charge in [-0.25, -0.2) is 4.90 Å². The fraction of sp³-hybridized carbons (Fsp3) is 0.296. The minimum Gasteiger partial charge on any atom is -0.324 e. The number of nitrogens with one attached hydrogen (secondary N) is 1. The van der Waals surface area contributed by atoms with Crippen LogP contribution < -0.4 is 10.2 Å². The van der Waals surface area contributed by atoms with Crippen LogP contribution in [0, 0.1) is 18.8 Å². The largest absolute Gasteiger partial charge is 0.324 e. The van der Waals surface area contributed by atoms with Crippen LogP contribution in [0.3, 0.4) is 0 Å². The molecule has 164 valence electrons. The molecule has 3 aromatic carbocycles. The summed E-state index contributed by atoms with van der Waals surface area (Å²) in [6.07, 6.45) is 1.74. The van der Waals surface area contributed by atoms with E-state index in [1.165, 1.54) is 4.90 Å². The van der Waals surface area contributed by atoms with Crippen molar-refractivity contribution >= 4 is 39.9 Å². The summed E-state index contributed by atoms with van der Waals surface area (Å²) in [6, 6.07) is 19.4. The van der Waals surface area contributed by atoms with Crippen LogP contribution >= 0.6 is 0 Å². The molecule has 7 rings (SSSR count). The van der Waals surface area contributed by atoms with Gasteiger partial charge < -0.3 is 5.32 Å². The summed E-state index contributed by atoms with van der Waals surface area (Å²) in [5.41, 5.74) is 2.09. The maximum atomic E-state index is 14.1. The zero-order valence-electron chi connectivity index (χ0n) is 18.2. The van der Waals surface area contributed by atoms with Gasteiger partial charge >= 0.3 is 0 Å². The summed E-state index contributed by atoms with van der Waals surface area (Å²) >= 11 is 0. The van der Waals surface area contributed by atoms with E-state index >= 15 is 0 Å². The van der Waals surface area contributed by atoms with Gasteiger partial charge in [-0.2, -0.15) is 0 Å². The van der Waals surface area contributed by atoms with Gasteiger partial charge in [-0.05, 0) is 55.3 Å². The van der Waals surface area contributed by atoms with Crippen molar-refractivity contribution in [2.75, 3.05) is 16.8 Å². The highest BCUT2D eigenvalue weighted by Gasteiger charge is 2.74. The van der Waals surface area contributed by atoms with E-state index in [1.807, 2.05) is 67.6 Å². The number of hydrogen-bond acceptors (Lipinski definition) is 4. The number of amides is 3. The topological polar surface area (TPSA) is 69.7 Å². The highest BCUT2D eigenvalue weighted by molar-refractivity contribution is 6.26. The monoisotopic (exact) mass is 437 g/mol. The Hall–Kier alpha value is -3.51. The normalized spacial score (nSPS) is 30.3. The van der Waals surface area contributed by atoms with E-state index in [1.54, 1.807) is 0 Å². The van der Waals surface area contributed by atoms with Crippen molar-refractivity contribution < 1.29 is 14.4 Å². The number of hydrogen-bond donors (Lipinski definition) is 1. The Bertz CT molecular complexity index is 1400. The molecule has 3 amide bonds. The molecule has 4 aliphatic heterocycles. The third kappa shape index (κ3) is 2.19. The second-order valence-electron chi connectivity index (χ2n) is 9.72. The summed E-state index contributed by atoms with van der Waals surface area (Å²) in [5, 5.41) is 5.06. The Balaban J connectivity index is 1.42. The van der Waals surface area contributed by atoms with Crippen LogP contribution in [0.2, 0.25) is 0 Å². The van der Waals surface area contributed by atoms with E-state index in [0.29, 0.717) is 5.69 Å². The highest BCUT2D eigenvalue weighted by atomic mass is 16.2. The average molecular weight is 437 g/mol. The number of imide groups is 1. The Kier molecular flexibility index (Phi) is 3.62. The predicted molar refractivity (Wildman–Crippen MR) is 125 cm³/mol. The van der Waals surface area contributed by atoms with Crippen molar-refractivity contribution in [3.8, 4) is 0 Å². The van der Waals surface area contributed by atoms with Crippen LogP contribution in [-0.2, 0) is 19.9 Å². The third-order valence-corrected chi connectivity index (χ3v) is 8.14. The first kappa shape index (κ1) is 19.0. The molecule has 0 aromatic heterocycles. The van der Waals surface area contributed by atoms with Crippen molar-refractivity contribution in [3.05, 3.63) is 71.8 Å². The van der Waals surface area contributed by atoms with Gasteiger partial charge in [0.25, 0.3) is 0 Å². The molecule has 4 unspecified atom stereocenters. The molecule has 4 heterocycles. The second kappa shape index (κ2) is 6.29. The molecule has 1 spiro atoms. The summed E-state index contributed by atoms with van der Waals surface area (Å²) in [5.74, 6) is -1.85. The molecule has 0 radical (unpaired) electrons. The summed E-state index contributed by atoms with van der Waals surface area (Å²) in [6.45, 7) is 2.71. The van der Waals surface area contributed by atoms with E-state index in [4.69, 9.17) is 0 Å². The van der Waals surface area contributed by atoms with E-state index in [9.17, 15) is 14.4 Å². The average Bonchev–Trinajstić information content (AvgIpc) is 3.52. The molecule has 3 aromatic rings. The first-order valence-corrected chi connectivity index (χ1v) is 11.6. The van der Waals surface area contributed by atoms with Crippen molar-refractivity contribution in [3.63, 3.8) is 0 Å². The van der Waals surface area contributed by atoms with E-state index in [2.05, 4.69) is 10.2 Å². The van der Waals surface area contributed by atoms with Gasteiger partial charge in [0.2, 0.25) is 17.7 Å². The Labute approximate surface area is 191 Å². The fourth-order valence-corrected chi connectivity index (χ4v) is 6.89. The molecular formula is C27H23N3O3. The summed E-state index contributed by atoms with van der Waals surface area (Å²) in [7, 11) is 0. The predicted octanol–water partition coefficient (Wildman–Crippen LogP) is 3.58. The van der Waals surface area contributed by atoms with E-state index in [-0.39, 0.29) is 23.8 Å². The van der Waals surface area contributed by atoms with Crippen LogP contribution in [0.4, 0.5) is 11.4 Å². The number of anilines is 2.